The molecule has 1 aromatic rings. The third-order valence-corrected chi connectivity index (χ3v) is 1.44. The summed E-state index contributed by atoms with van der Waals surface area (Å²) in [6, 6.07) is 1.40. The molecular weight excluding hydrogens is 188 g/mol. The van der Waals surface area contributed by atoms with Gasteiger partial charge < -0.3 is 4.74 Å². The fourth-order valence-corrected chi connectivity index (χ4v) is 0.852. The molecule has 0 unspecified atom stereocenters. The highest BCUT2D eigenvalue weighted by molar-refractivity contribution is 6.30. The molecule has 0 radical (unpaired) electrons. The maximum Gasteiger partial charge on any atom is 0.387 e. The molecule has 0 bridgehead atoms. The number of halogens is 3. The average Bonchev–Trinajstić information content (AvgIpc) is 1.96. The summed E-state index contributed by atoms with van der Waals surface area (Å²) in [5.41, 5.74) is 0.718. The Morgan fingerprint density at radius 1 is 1.58 bits per heavy atom. The third-order valence-electron chi connectivity index (χ3n) is 1.16. The molecule has 0 aromatic carbocycles. The van der Waals surface area contributed by atoms with Crippen molar-refractivity contribution in [2.75, 3.05) is 0 Å². The van der Waals surface area contributed by atoms with Gasteiger partial charge in [0, 0.05) is 6.20 Å². The van der Waals surface area contributed by atoms with Crippen LogP contribution < -0.4 is 4.74 Å². The number of pyridine rings is 1. The van der Waals surface area contributed by atoms with Crippen LogP contribution >= 0.6 is 11.6 Å². The summed E-state index contributed by atoms with van der Waals surface area (Å²) in [6.07, 6.45) is 1.47. The van der Waals surface area contributed by atoms with Crippen LogP contribution in [0.15, 0.2) is 12.3 Å². The van der Waals surface area contributed by atoms with Crippen molar-refractivity contribution < 1.29 is 13.5 Å². The second-order valence-corrected chi connectivity index (χ2v) is 2.54. The quantitative estimate of drug-likeness (QED) is 0.674. The summed E-state index contributed by atoms with van der Waals surface area (Å²) in [5, 5.41) is -0.0547. The van der Waals surface area contributed by atoms with E-state index in [-0.39, 0.29) is 10.9 Å². The molecule has 1 heterocycles. The Morgan fingerprint density at radius 2 is 2.25 bits per heavy atom. The maximum absolute atomic E-state index is 11.7. The largest absolute Gasteiger partial charge is 0.432 e. The van der Waals surface area contributed by atoms with Gasteiger partial charge in [0.2, 0.25) is 0 Å². The Bertz CT molecular complexity index is 280. The molecule has 0 saturated heterocycles. The van der Waals surface area contributed by atoms with Crippen LogP contribution in [0.3, 0.4) is 0 Å². The predicted molar refractivity (Wildman–Crippen MR) is 40.6 cm³/mol. The topological polar surface area (TPSA) is 22.1 Å². The molecule has 5 heteroatoms. The van der Waals surface area contributed by atoms with Crippen molar-refractivity contribution >= 4 is 11.6 Å². The highest BCUT2D eigenvalue weighted by Crippen LogP contribution is 2.23. The lowest BCUT2D eigenvalue weighted by Crippen LogP contribution is -2.03. The number of alkyl halides is 2. The molecule has 66 valence electrons. The fraction of sp³-hybridized carbons (Fsp3) is 0.286. The monoisotopic (exact) mass is 193 g/mol. The van der Waals surface area contributed by atoms with Crippen LogP contribution in [-0.4, -0.2) is 11.6 Å². The van der Waals surface area contributed by atoms with Gasteiger partial charge >= 0.3 is 6.61 Å². The van der Waals surface area contributed by atoms with E-state index in [4.69, 9.17) is 11.6 Å². The van der Waals surface area contributed by atoms with E-state index in [2.05, 4.69) is 9.72 Å². The van der Waals surface area contributed by atoms with Gasteiger partial charge in [-0.25, -0.2) is 4.98 Å². The maximum atomic E-state index is 11.7. The van der Waals surface area contributed by atoms with Crippen LogP contribution in [0.25, 0.3) is 0 Å². The van der Waals surface area contributed by atoms with Gasteiger partial charge in [0.05, 0.1) is 0 Å². The van der Waals surface area contributed by atoms with Crippen LogP contribution in [0.1, 0.15) is 5.56 Å². The molecule has 2 nitrogen and oxygen atoms in total. The number of hydrogen-bond acceptors (Lipinski definition) is 2. The zero-order valence-corrected chi connectivity index (χ0v) is 6.98. The number of ether oxygens (including phenoxy) is 1. The van der Waals surface area contributed by atoms with Crippen molar-refractivity contribution in [2.24, 2.45) is 0 Å². The first-order valence-electron chi connectivity index (χ1n) is 3.16. The van der Waals surface area contributed by atoms with Crippen molar-refractivity contribution in [1.82, 2.24) is 4.98 Å². The predicted octanol–water partition coefficient (Wildman–Crippen LogP) is 2.64. The highest BCUT2D eigenvalue weighted by Gasteiger charge is 2.08. The molecule has 0 spiro atoms. The number of aromatic nitrogens is 1. The van der Waals surface area contributed by atoms with Gasteiger partial charge in [0.15, 0.2) is 10.9 Å². The van der Waals surface area contributed by atoms with Crippen LogP contribution in [0.5, 0.6) is 5.75 Å². The van der Waals surface area contributed by atoms with E-state index in [0.29, 0.717) is 0 Å². The molecule has 0 N–H and O–H groups in total. The van der Waals surface area contributed by atoms with E-state index in [1.807, 2.05) is 0 Å². The first-order valence-corrected chi connectivity index (χ1v) is 3.54. The van der Waals surface area contributed by atoms with Gasteiger partial charge in [-0.2, -0.15) is 8.78 Å². The second-order valence-electron chi connectivity index (χ2n) is 2.18. The minimum absolute atomic E-state index is 0.0547. The smallest absolute Gasteiger partial charge is 0.387 e. The first-order chi connectivity index (χ1) is 5.59. The minimum atomic E-state index is -2.87. The Morgan fingerprint density at radius 3 is 2.83 bits per heavy atom. The molecule has 0 amide bonds. The van der Waals surface area contributed by atoms with Gasteiger partial charge in [-0.3, -0.25) is 0 Å². The second kappa shape index (κ2) is 3.67. The Kier molecular flexibility index (Phi) is 2.81. The van der Waals surface area contributed by atoms with Crippen LogP contribution in [-0.2, 0) is 0 Å². The summed E-state index contributed by atoms with van der Waals surface area (Å²) in [5.74, 6) is -0.0910. The van der Waals surface area contributed by atoms with Gasteiger partial charge in [-0.05, 0) is 18.6 Å². The molecule has 0 aliphatic carbocycles. The summed E-state index contributed by atoms with van der Waals surface area (Å²) >= 11 is 5.47. The summed E-state index contributed by atoms with van der Waals surface area (Å²) in [7, 11) is 0. The standard InChI is InChI=1S/C7H6ClF2NO/c1-4-2-5(12-7(9)10)6(8)11-3-4/h2-3,7H,1H3. The third kappa shape index (κ3) is 2.30. The Hall–Kier alpha value is -0.900. The highest BCUT2D eigenvalue weighted by atomic mass is 35.5. The molecule has 0 aliphatic rings. The summed E-state index contributed by atoms with van der Waals surface area (Å²) in [6.45, 7) is -1.16. The molecule has 0 atom stereocenters. The van der Waals surface area contributed by atoms with E-state index >= 15 is 0 Å². The van der Waals surface area contributed by atoms with E-state index in [0.717, 1.165) is 5.56 Å². The van der Waals surface area contributed by atoms with Gasteiger partial charge in [-0.15, -0.1) is 0 Å². The van der Waals surface area contributed by atoms with Crippen molar-refractivity contribution in [2.45, 2.75) is 13.5 Å². The SMILES string of the molecule is Cc1cnc(Cl)c(OC(F)F)c1. The van der Waals surface area contributed by atoms with E-state index in [1.165, 1.54) is 12.3 Å². The molecule has 12 heavy (non-hydrogen) atoms. The number of nitrogens with zero attached hydrogens (tertiary/aromatic N) is 1. The molecule has 1 aromatic heterocycles. The Balaban J connectivity index is 2.90. The summed E-state index contributed by atoms with van der Waals surface area (Å²) < 4.78 is 27.5. The van der Waals surface area contributed by atoms with E-state index in [9.17, 15) is 8.78 Å². The zero-order chi connectivity index (χ0) is 9.14. The van der Waals surface area contributed by atoms with E-state index in [1.54, 1.807) is 6.92 Å². The van der Waals surface area contributed by atoms with Crippen LogP contribution in [0.2, 0.25) is 5.15 Å². The normalized spacial score (nSPS) is 10.4. The van der Waals surface area contributed by atoms with Gasteiger partial charge in [-0.1, -0.05) is 11.6 Å². The number of rotatable bonds is 2. The van der Waals surface area contributed by atoms with Gasteiger partial charge in [0.25, 0.3) is 0 Å². The average molecular weight is 194 g/mol. The molecule has 1 rings (SSSR count). The number of hydrogen-bond donors (Lipinski definition) is 0. The van der Waals surface area contributed by atoms with E-state index < -0.39 is 6.61 Å². The molecular formula is C7H6ClF2NO. The fourth-order valence-electron chi connectivity index (χ4n) is 0.704. The lowest BCUT2D eigenvalue weighted by atomic mass is 10.3. The molecule has 0 aliphatic heterocycles. The van der Waals surface area contributed by atoms with Crippen molar-refractivity contribution in [3.8, 4) is 5.75 Å². The van der Waals surface area contributed by atoms with Gasteiger partial charge in [0.1, 0.15) is 0 Å². The molecule has 0 saturated carbocycles. The Labute approximate surface area is 73.1 Å². The first kappa shape index (κ1) is 9.19. The van der Waals surface area contributed by atoms with Crippen molar-refractivity contribution in [1.29, 1.82) is 0 Å². The zero-order valence-electron chi connectivity index (χ0n) is 6.22. The van der Waals surface area contributed by atoms with Crippen LogP contribution in [0.4, 0.5) is 8.78 Å². The minimum Gasteiger partial charge on any atom is -0.432 e. The van der Waals surface area contributed by atoms with Crippen molar-refractivity contribution in [3.05, 3.63) is 23.0 Å². The lowest BCUT2D eigenvalue weighted by molar-refractivity contribution is -0.0500. The van der Waals surface area contributed by atoms with Crippen molar-refractivity contribution in [3.63, 3.8) is 0 Å². The molecule has 0 fully saturated rings. The lowest BCUT2D eigenvalue weighted by Gasteiger charge is -2.05. The summed E-state index contributed by atoms with van der Waals surface area (Å²) in [4.78, 5) is 3.64. The van der Waals surface area contributed by atoms with Crippen LogP contribution in [0, 0.1) is 6.92 Å². The number of aryl methyl sites for hydroxylation is 1.